The van der Waals surface area contributed by atoms with Gasteiger partial charge in [0.15, 0.2) is 0 Å². The standard InChI is InChI=1S/C16H23BrN2O/c17-14-2-1-3-16(10-14)20-9-7-18-11-13-6-8-19(12-13)15-4-5-15/h1-3,10,13,15,18H,4-9,11-12H2. The molecule has 1 N–H and O–H groups in total. The van der Waals surface area contributed by atoms with Gasteiger partial charge in [-0.1, -0.05) is 22.0 Å². The highest BCUT2D eigenvalue weighted by atomic mass is 79.9. The number of hydrogen-bond donors (Lipinski definition) is 1. The molecule has 3 nitrogen and oxygen atoms in total. The van der Waals surface area contributed by atoms with Crippen LogP contribution in [0, 0.1) is 5.92 Å². The van der Waals surface area contributed by atoms with Crippen LogP contribution in [0.5, 0.6) is 5.75 Å². The first-order valence-corrected chi connectivity index (χ1v) is 8.44. The van der Waals surface area contributed by atoms with Crippen molar-refractivity contribution in [2.45, 2.75) is 25.3 Å². The molecule has 2 aliphatic rings. The third kappa shape index (κ3) is 4.21. The second kappa shape index (κ2) is 6.92. The Hall–Kier alpha value is -0.580. The van der Waals surface area contributed by atoms with Crippen LogP contribution in [0.1, 0.15) is 19.3 Å². The van der Waals surface area contributed by atoms with Crippen LogP contribution in [-0.2, 0) is 0 Å². The highest BCUT2D eigenvalue weighted by molar-refractivity contribution is 9.10. The van der Waals surface area contributed by atoms with Crippen LogP contribution in [0.4, 0.5) is 0 Å². The Morgan fingerprint density at radius 1 is 1.30 bits per heavy atom. The summed E-state index contributed by atoms with van der Waals surface area (Å²) in [6, 6.07) is 8.94. The number of halogens is 1. The van der Waals surface area contributed by atoms with Crippen molar-refractivity contribution in [3.63, 3.8) is 0 Å². The Morgan fingerprint density at radius 2 is 2.20 bits per heavy atom. The minimum atomic E-state index is 0.732. The van der Waals surface area contributed by atoms with E-state index in [0.717, 1.165) is 41.9 Å². The van der Waals surface area contributed by atoms with Crippen molar-refractivity contribution >= 4 is 15.9 Å². The molecule has 1 saturated carbocycles. The Balaban J connectivity index is 1.27. The van der Waals surface area contributed by atoms with Crippen LogP contribution in [0.15, 0.2) is 28.7 Å². The third-order valence-corrected chi connectivity index (χ3v) is 4.65. The number of hydrogen-bond acceptors (Lipinski definition) is 3. The molecule has 4 heteroatoms. The minimum absolute atomic E-state index is 0.732. The van der Waals surface area contributed by atoms with Gasteiger partial charge in [0.2, 0.25) is 0 Å². The predicted molar refractivity (Wildman–Crippen MR) is 85.2 cm³/mol. The fraction of sp³-hybridized carbons (Fsp3) is 0.625. The van der Waals surface area contributed by atoms with Crippen molar-refractivity contribution in [1.29, 1.82) is 0 Å². The van der Waals surface area contributed by atoms with Gasteiger partial charge in [0.25, 0.3) is 0 Å². The molecule has 1 atom stereocenters. The van der Waals surface area contributed by atoms with Gasteiger partial charge in [0.1, 0.15) is 12.4 Å². The van der Waals surface area contributed by atoms with Crippen LogP contribution in [0.2, 0.25) is 0 Å². The van der Waals surface area contributed by atoms with Crippen molar-refractivity contribution in [2.24, 2.45) is 5.92 Å². The van der Waals surface area contributed by atoms with Crippen molar-refractivity contribution in [3.05, 3.63) is 28.7 Å². The fourth-order valence-corrected chi connectivity index (χ4v) is 3.28. The molecule has 0 amide bonds. The summed E-state index contributed by atoms with van der Waals surface area (Å²) in [6.07, 6.45) is 4.22. The summed E-state index contributed by atoms with van der Waals surface area (Å²) in [6.45, 7) is 5.39. The lowest BCUT2D eigenvalue weighted by molar-refractivity contribution is 0.297. The zero-order chi connectivity index (χ0) is 13.8. The zero-order valence-corrected chi connectivity index (χ0v) is 13.4. The van der Waals surface area contributed by atoms with Gasteiger partial charge < -0.3 is 15.0 Å². The average Bonchev–Trinajstić information content (AvgIpc) is 3.19. The second-order valence-corrected chi connectivity index (χ2v) is 6.81. The predicted octanol–water partition coefficient (Wildman–Crippen LogP) is 2.90. The Kier molecular flexibility index (Phi) is 4.97. The lowest BCUT2D eigenvalue weighted by atomic mass is 10.1. The molecule has 1 aliphatic carbocycles. The third-order valence-electron chi connectivity index (χ3n) is 4.16. The number of rotatable bonds is 7. The van der Waals surface area contributed by atoms with Gasteiger partial charge >= 0.3 is 0 Å². The molecule has 1 heterocycles. The van der Waals surface area contributed by atoms with Crippen LogP contribution in [0.25, 0.3) is 0 Å². The Bertz CT molecular complexity index is 436. The first-order valence-electron chi connectivity index (χ1n) is 7.64. The van der Waals surface area contributed by atoms with E-state index in [4.69, 9.17) is 4.74 Å². The van der Waals surface area contributed by atoms with E-state index in [0.29, 0.717) is 0 Å². The molecular formula is C16H23BrN2O. The van der Waals surface area contributed by atoms with Crippen molar-refractivity contribution in [2.75, 3.05) is 32.8 Å². The molecule has 110 valence electrons. The van der Waals surface area contributed by atoms with Crippen molar-refractivity contribution < 1.29 is 4.74 Å². The van der Waals surface area contributed by atoms with Gasteiger partial charge in [-0.2, -0.15) is 0 Å². The SMILES string of the molecule is Brc1cccc(OCCNCC2CCN(C3CC3)C2)c1. The molecule has 0 radical (unpaired) electrons. The average molecular weight is 339 g/mol. The molecule has 20 heavy (non-hydrogen) atoms. The molecule has 0 aromatic heterocycles. The highest BCUT2D eigenvalue weighted by Gasteiger charge is 2.33. The fourth-order valence-electron chi connectivity index (χ4n) is 2.90. The summed E-state index contributed by atoms with van der Waals surface area (Å²) < 4.78 is 6.78. The molecule has 3 rings (SSSR count). The highest BCUT2D eigenvalue weighted by Crippen LogP contribution is 2.31. The van der Waals surface area contributed by atoms with E-state index in [1.54, 1.807) is 0 Å². The van der Waals surface area contributed by atoms with E-state index in [2.05, 4.69) is 26.1 Å². The number of nitrogens with zero attached hydrogens (tertiary/aromatic N) is 1. The molecular weight excluding hydrogens is 316 g/mol. The number of ether oxygens (including phenoxy) is 1. The number of nitrogens with one attached hydrogen (secondary N) is 1. The second-order valence-electron chi connectivity index (χ2n) is 5.89. The van der Waals surface area contributed by atoms with E-state index in [9.17, 15) is 0 Å². The van der Waals surface area contributed by atoms with E-state index in [1.165, 1.54) is 32.4 Å². The molecule has 1 saturated heterocycles. The van der Waals surface area contributed by atoms with Gasteiger partial charge in [-0.25, -0.2) is 0 Å². The molecule has 2 fully saturated rings. The smallest absolute Gasteiger partial charge is 0.120 e. The van der Waals surface area contributed by atoms with E-state index < -0.39 is 0 Å². The van der Waals surface area contributed by atoms with E-state index in [1.807, 2.05) is 24.3 Å². The summed E-state index contributed by atoms with van der Waals surface area (Å²) in [5.41, 5.74) is 0. The summed E-state index contributed by atoms with van der Waals surface area (Å²) in [5.74, 6) is 1.77. The maximum Gasteiger partial charge on any atom is 0.120 e. The normalized spacial score (nSPS) is 23.1. The van der Waals surface area contributed by atoms with E-state index >= 15 is 0 Å². The topological polar surface area (TPSA) is 24.5 Å². The summed E-state index contributed by atoms with van der Waals surface area (Å²) >= 11 is 3.45. The molecule has 1 aromatic rings. The van der Waals surface area contributed by atoms with Crippen molar-refractivity contribution in [1.82, 2.24) is 10.2 Å². The van der Waals surface area contributed by atoms with E-state index in [-0.39, 0.29) is 0 Å². The molecule has 1 aromatic carbocycles. The monoisotopic (exact) mass is 338 g/mol. The summed E-state index contributed by atoms with van der Waals surface area (Å²) in [7, 11) is 0. The Labute approximate surface area is 129 Å². The molecule has 1 unspecified atom stereocenters. The van der Waals surface area contributed by atoms with Gasteiger partial charge in [-0.05, 0) is 56.5 Å². The lowest BCUT2D eigenvalue weighted by Crippen LogP contribution is -2.29. The first kappa shape index (κ1) is 14.4. The van der Waals surface area contributed by atoms with Gasteiger partial charge in [0.05, 0.1) is 0 Å². The van der Waals surface area contributed by atoms with Crippen LogP contribution >= 0.6 is 15.9 Å². The van der Waals surface area contributed by atoms with Crippen LogP contribution in [0.3, 0.4) is 0 Å². The molecule has 0 spiro atoms. The van der Waals surface area contributed by atoms with Crippen LogP contribution in [-0.4, -0.2) is 43.7 Å². The molecule has 0 bridgehead atoms. The molecule has 1 aliphatic heterocycles. The maximum atomic E-state index is 5.72. The lowest BCUT2D eigenvalue weighted by Gasteiger charge is -2.15. The quantitative estimate of drug-likeness (QED) is 0.773. The largest absolute Gasteiger partial charge is 0.492 e. The van der Waals surface area contributed by atoms with Gasteiger partial charge in [0, 0.05) is 23.6 Å². The maximum absolute atomic E-state index is 5.72. The summed E-state index contributed by atoms with van der Waals surface area (Å²) in [4.78, 5) is 2.67. The van der Waals surface area contributed by atoms with Crippen LogP contribution < -0.4 is 10.1 Å². The number of likely N-dealkylation sites (tertiary alicyclic amines) is 1. The first-order chi connectivity index (χ1) is 9.81. The summed E-state index contributed by atoms with van der Waals surface area (Å²) in [5, 5.41) is 3.53. The van der Waals surface area contributed by atoms with Gasteiger partial charge in [-0.3, -0.25) is 0 Å². The number of benzene rings is 1. The minimum Gasteiger partial charge on any atom is -0.492 e. The van der Waals surface area contributed by atoms with Gasteiger partial charge in [-0.15, -0.1) is 0 Å². The van der Waals surface area contributed by atoms with Crippen molar-refractivity contribution in [3.8, 4) is 5.75 Å². The Morgan fingerprint density at radius 3 is 3.00 bits per heavy atom. The zero-order valence-electron chi connectivity index (χ0n) is 11.9.